The van der Waals surface area contributed by atoms with Crippen molar-refractivity contribution in [2.45, 2.75) is 12.6 Å². The van der Waals surface area contributed by atoms with Crippen molar-refractivity contribution in [2.24, 2.45) is 0 Å². The molecule has 0 bridgehead atoms. The Morgan fingerprint density at radius 3 is 2.95 bits per heavy atom. The summed E-state index contributed by atoms with van der Waals surface area (Å²) in [6, 6.07) is 10.7. The van der Waals surface area contributed by atoms with E-state index in [1.54, 1.807) is 0 Å². The molecule has 0 aliphatic carbocycles. The zero-order valence-electron chi connectivity index (χ0n) is 10.6. The zero-order valence-corrected chi connectivity index (χ0v) is 10.6. The standard InChI is InChI=1S/C15H16N2O2/c1-2-12-15(16-5-7-17(12)6-1)11-3-4-13-14(10-11)19-9-8-18-13/h1-4,6,10,15-16H,5,7-9H2. The van der Waals surface area contributed by atoms with Crippen LogP contribution in [0.5, 0.6) is 11.5 Å². The second-order valence-electron chi connectivity index (χ2n) is 4.92. The molecule has 0 saturated heterocycles. The molecular weight excluding hydrogens is 240 g/mol. The topological polar surface area (TPSA) is 35.4 Å². The summed E-state index contributed by atoms with van der Waals surface area (Å²) >= 11 is 0. The minimum absolute atomic E-state index is 0.236. The summed E-state index contributed by atoms with van der Waals surface area (Å²) in [6.45, 7) is 3.28. The molecule has 0 radical (unpaired) electrons. The first-order valence-electron chi connectivity index (χ1n) is 6.70. The van der Waals surface area contributed by atoms with Crippen molar-refractivity contribution >= 4 is 0 Å². The predicted octanol–water partition coefficient (Wildman–Crippen LogP) is 1.95. The fourth-order valence-electron chi connectivity index (χ4n) is 2.86. The Labute approximate surface area is 111 Å². The molecule has 1 aromatic heterocycles. The molecule has 1 aromatic carbocycles. The summed E-state index contributed by atoms with van der Waals surface area (Å²) in [5.41, 5.74) is 2.53. The monoisotopic (exact) mass is 256 g/mol. The lowest BCUT2D eigenvalue weighted by molar-refractivity contribution is 0.171. The number of hydrogen-bond donors (Lipinski definition) is 1. The summed E-state index contributed by atoms with van der Waals surface area (Å²) in [4.78, 5) is 0. The minimum Gasteiger partial charge on any atom is -0.486 e. The summed E-state index contributed by atoms with van der Waals surface area (Å²) in [7, 11) is 0. The number of fused-ring (bicyclic) bond motifs is 2. The minimum atomic E-state index is 0.236. The van der Waals surface area contributed by atoms with Crippen molar-refractivity contribution in [3.8, 4) is 11.5 Å². The van der Waals surface area contributed by atoms with Crippen molar-refractivity contribution in [3.05, 3.63) is 47.8 Å². The maximum atomic E-state index is 5.66. The molecule has 4 nitrogen and oxygen atoms in total. The zero-order chi connectivity index (χ0) is 12.7. The molecule has 98 valence electrons. The van der Waals surface area contributed by atoms with Gasteiger partial charge in [-0.25, -0.2) is 0 Å². The SMILES string of the molecule is c1cc2n(c1)CCNC2c1ccc2c(c1)OCCO2. The smallest absolute Gasteiger partial charge is 0.161 e. The van der Waals surface area contributed by atoms with Crippen molar-refractivity contribution in [2.75, 3.05) is 19.8 Å². The van der Waals surface area contributed by atoms with Crippen LogP contribution in [0.1, 0.15) is 17.3 Å². The molecule has 19 heavy (non-hydrogen) atoms. The summed E-state index contributed by atoms with van der Waals surface area (Å²) in [5.74, 6) is 1.70. The van der Waals surface area contributed by atoms with Crippen LogP contribution in [0.3, 0.4) is 0 Å². The average molecular weight is 256 g/mol. The quantitative estimate of drug-likeness (QED) is 0.847. The Morgan fingerprint density at radius 2 is 2.00 bits per heavy atom. The average Bonchev–Trinajstić information content (AvgIpc) is 2.95. The van der Waals surface area contributed by atoms with Crippen molar-refractivity contribution in [1.82, 2.24) is 9.88 Å². The van der Waals surface area contributed by atoms with Crippen LogP contribution < -0.4 is 14.8 Å². The predicted molar refractivity (Wildman–Crippen MR) is 71.7 cm³/mol. The molecule has 4 heteroatoms. The number of benzene rings is 1. The van der Waals surface area contributed by atoms with Crippen LogP contribution in [0.2, 0.25) is 0 Å². The second-order valence-corrected chi connectivity index (χ2v) is 4.92. The molecule has 4 rings (SSSR count). The molecule has 1 N–H and O–H groups in total. The van der Waals surface area contributed by atoms with Gasteiger partial charge in [0.25, 0.3) is 0 Å². The van der Waals surface area contributed by atoms with E-state index in [0.717, 1.165) is 24.6 Å². The first-order chi connectivity index (χ1) is 9.42. The number of nitrogens with one attached hydrogen (secondary N) is 1. The van der Waals surface area contributed by atoms with Gasteiger partial charge in [0.1, 0.15) is 13.2 Å². The van der Waals surface area contributed by atoms with Crippen LogP contribution in [0.15, 0.2) is 36.5 Å². The van der Waals surface area contributed by atoms with Crippen molar-refractivity contribution in [1.29, 1.82) is 0 Å². The summed E-state index contributed by atoms with van der Waals surface area (Å²) in [6.07, 6.45) is 2.14. The normalized spacial score (nSPS) is 20.9. The van der Waals surface area contributed by atoms with Crippen molar-refractivity contribution < 1.29 is 9.47 Å². The molecule has 2 aromatic rings. The van der Waals surface area contributed by atoms with Gasteiger partial charge in [-0.15, -0.1) is 0 Å². The number of rotatable bonds is 1. The molecular formula is C15H16N2O2. The highest BCUT2D eigenvalue weighted by Gasteiger charge is 2.22. The fourth-order valence-corrected chi connectivity index (χ4v) is 2.86. The van der Waals surface area contributed by atoms with E-state index in [9.17, 15) is 0 Å². The number of nitrogens with zero attached hydrogens (tertiary/aromatic N) is 1. The highest BCUT2D eigenvalue weighted by molar-refractivity contribution is 5.46. The largest absolute Gasteiger partial charge is 0.486 e. The van der Waals surface area contributed by atoms with Gasteiger partial charge in [-0.1, -0.05) is 6.07 Å². The highest BCUT2D eigenvalue weighted by atomic mass is 16.6. The number of aromatic nitrogens is 1. The van der Waals surface area contributed by atoms with Crippen molar-refractivity contribution in [3.63, 3.8) is 0 Å². The first-order valence-corrected chi connectivity index (χ1v) is 6.70. The molecule has 0 amide bonds. The Hall–Kier alpha value is -1.94. The third kappa shape index (κ3) is 1.79. The van der Waals surface area contributed by atoms with E-state index < -0.39 is 0 Å². The van der Waals surface area contributed by atoms with Crippen LogP contribution in [0.4, 0.5) is 0 Å². The molecule has 0 spiro atoms. The third-order valence-corrected chi connectivity index (χ3v) is 3.76. The van der Waals surface area contributed by atoms with E-state index in [1.165, 1.54) is 11.3 Å². The van der Waals surface area contributed by atoms with Gasteiger partial charge in [-0.05, 0) is 29.8 Å². The lowest BCUT2D eigenvalue weighted by Crippen LogP contribution is -2.33. The van der Waals surface area contributed by atoms with E-state index in [2.05, 4.69) is 40.3 Å². The molecule has 0 saturated carbocycles. The van der Waals surface area contributed by atoms with E-state index in [-0.39, 0.29) is 6.04 Å². The van der Waals surface area contributed by atoms with Gasteiger partial charge < -0.3 is 19.4 Å². The lowest BCUT2D eigenvalue weighted by atomic mass is 10.0. The maximum absolute atomic E-state index is 5.66. The molecule has 1 unspecified atom stereocenters. The maximum Gasteiger partial charge on any atom is 0.161 e. The van der Waals surface area contributed by atoms with E-state index >= 15 is 0 Å². The van der Waals surface area contributed by atoms with Gasteiger partial charge in [0, 0.05) is 25.0 Å². The van der Waals surface area contributed by atoms with E-state index in [0.29, 0.717) is 13.2 Å². The fraction of sp³-hybridized carbons (Fsp3) is 0.333. The van der Waals surface area contributed by atoms with Gasteiger partial charge in [0.05, 0.1) is 6.04 Å². The highest BCUT2D eigenvalue weighted by Crippen LogP contribution is 2.35. The van der Waals surface area contributed by atoms with Gasteiger partial charge >= 0.3 is 0 Å². The van der Waals surface area contributed by atoms with Gasteiger partial charge in [0.15, 0.2) is 11.5 Å². The van der Waals surface area contributed by atoms with Gasteiger partial charge in [0.2, 0.25) is 0 Å². The first kappa shape index (κ1) is 10.9. The van der Waals surface area contributed by atoms with Gasteiger partial charge in [-0.2, -0.15) is 0 Å². The molecule has 2 aliphatic heterocycles. The Morgan fingerprint density at radius 1 is 1.11 bits per heavy atom. The van der Waals surface area contributed by atoms with Crippen LogP contribution in [0.25, 0.3) is 0 Å². The number of hydrogen-bond acceptors (Lipinski definition) is 3. The second kappa shape index (κ2) is 4.31. The summed E-state index contributed by atoms with van der Waals surface area (Å²) in [5, 5.41) is 3.57. The Bertz CT molecular complexity index is 606. The van der Waals surface area contributed by atoms with E-state index in [1.807, 2.05) is 6.07 Å². The Kier molecular flexibility index (Phi) is 2.48. The third-order valence-electron chi connectivity index (χ3n) is 3.76. The summed E-state index contributed by atoms with van der Waals surface area (Å²) < 4.78 is 13.5. The van der Waals surface area contributed by atoms with Crippen LogP contribution in [0, 0.1) is 0 Å². The van der Waals surface area contributed by atoms with Gasteiger partial charge in [-0.3, -0.25) is 0 Å². The Balaban J connectivity index is 1.74. The molecule has 3 heterocycles. The van der Waals surface area contributed by atoms with Crippen LogP contribution >= 0.6 is 0 Å². The molecule has 1 atom stereocenters. The van der Waals surface area contributed by atoms with Crippen LogP contribution in [-0.4, -0.2) is 24.3 Å². The lowest BCUT2D eigenvalue weighted by Gasteiger charge is -2.28. The van der Waals surface area contributed by atoms with E-state index in [4.69, 9.17) is 9.47 Å². The molecule has 2 aliphatic rings. The number of ether oxygens (including phenoxy) is 2. The van der Waals surface area contributed by atoms with Crippen LogP contribution in [-0.2, 0) is 6.54 Å². The molecule has 0 fully saturated rings.